The summed E-state index contributed by atoms with van der Waals surface area (Å²) in [7, 11) is -5.08. The summed E-state index contributed by atoms with van der Waals surface area (Å²) in [6.07, 6.45) is 59.7. The molecule has 0 bridgehead atoms. The molecule has 0 aromatic carbocycles. The fourth-order valence-electron chi connectivity index (χ4n) is 7.74. The van der Waals surface area contributed by atoms with E-state index in [1.54, 1.807) is 0 Å². The first-order valence-electron chi connectivity index (χ1n) is 27.6. The number of aliphatic hydroxyl groups is 3. The first-order valence-corrected chi connectivity index (χ1v) is 29.0. The highest BCUT2D eigenvalue weighted by Gasteiger charge is 2.48. The first kappa shape index (κ1) is 66.8. The van der Waals surface area contributed by atoms with Crippen LogP contribution >= 0.6 is 0 Å². The molecular formula is C59H98O12S. The fraction of sp³-hybridized carbons (Fsp3) is 0.678. The van der Waals surface area contributed by atoms with E-state index >= 15 is 0 Å². The van der Waals surface area contributed by atoms with Crippen molar-refractivity contribution in [2.24, 2.45) is 0 Å². The molecule has 1 aliphatic heterocycles. The van der Waals surface area contributed by atoms with Crippen molar-refractivity contribution in [2.75, 3.05) is 26.4 Å². The Hall–Kier alpha value is -3.24. The number of rotatable bonds is 47. The van der Waals surface area contributed by atoms with Gasteiger partial charge in [-0.05, 0) is 103 Å². The molecule has 6 atom stereocenters. The van der Waals surface area contributed by atoms with Crippen molar-refractivity contribution in [3.05, 3.63) is 109 Å². The van der Waals surface area contributed by atoms with E-state index in [4.69, 9.17) is 18.9 Å². The molecule has 0 amide bonds. The average molecular weight is 1030 g/mol. The monoisotopic (exact) mass is 1030 g/mol. The molecule has 412 valence electrons. The highest BCUT2D eigenvalue weighted by Crippen LogP contribution is 2.26. The lowest BCUT2D eigenvalue weighted by atomic mass is 9.99. The second-order valence-corrected chi connectivity index (χ2v) is 19.5. The minimum atomic E-state index is -5.08. The second kappa shape index (κ2) is 48.7. The van der Waals surface area contributed by atoms with Crippen LogP contribution in [-0.2, 0) is 38.3 Å². The van der Waals surface area contributed by atoms with Gasteiger partial charge in [-0.1, -0.05) is 194 Å². The molecule has 12 nitrogen and oxygen atoms in total. The van der Waals surface area contributed by atoms with Gasteiger partial charge in [0.2, 0.25) is 0 Å². The lowest BCUT2D eigenvalue weighted by Gasteiger charge is -2.41. The van der Waals surface area contributed by atoms with Crippen LogP contribution in [0.4, 0.5) is 0 Å². The van der Waals surface area contributed by atoms with Gasteiger partial charge in [0.25, 0.3) is 0 Å². The average Bonchev–Trinajstić information content (AvgIpc) is 3.36. The van der Waals surface area contributed by atoms with Crippen LogP contribution in [0.15, 0.2) is 109 Å². The molecule has 1 rings (SSSR count). The van der Waals surface area contributed by atoms with Crippen molar-refractivity contribution < 1.29 is 56.2 Å². The van der Waals surface area contributed by atoms with E-state index in [1.165, 1.54) is 57.8 Å². The number of allylic oxidation sites excluding steroid dienone is 18. The molecule has 0 spiro atoms. The quantitative estimate of drug-likeness (QED) is 0.0197. The Labute approximate surface area is 437 Å². The maximum Gasteiger partial charge on any atom is 0.397 e. The Morgan fingerprint density at radius 1 is 0.542 bits per heavy atom. The van der Waals surface area contributed by atoms with Gasteiger partial charge in [-0.25, -0.2) is 4.18 Å². The zero-order valence-corrected chi connectivity index (χ0v) is 45.3. The van der Waals surface area contributed by atoms with E-state index in [9.17, 15) is 33.1 Å². The Kier molecular flexibility index (Phi) is 45.2. The van der Waals surface area contributed by atoms with Crippen molar-refractivity contribution in [1.29, 1.82) is 0 Å². The predicted octanol–water partition coefficient (Wildman–Crippen LogP) is 13.5. The highest BCUT2D eigenvalue weighted by molar-refractivity contribution is 7.80. The van der Waals surface area contributed by atoms with Crippen LogP contribution in [0.2, 0.25) is 0 Å². The molecule has 1 fully saturated rings. The van der Waals surface area contributed by atoms with Crippen LogP contribution < -0.4 is 0 Å². The second-order valence-electron chi connectivity index (χ2n) is 18.4. The molecule has 0 saturated carbocycles. The van der Waals surface area contributed by atoms with Crippen LogP contribution in [0.25, 0.3) is 0 Å². The third-order valence-electron chi connectivity index (χ3n) is 11.9. The van der Waals surface area contributed by atoms with E-state index in [0.29, 0.717) is 13.0 Å². The Morgan fingerprint density at radius 3 is 1.40 bits per heavy atom. The van der Waals surface area contributed by atoms with Gasteiger partial charge in [-0.15, -0.1) is 0 Å². The van der Waals surface area contributed by atoms with Crippen molar-refractivity contribution in [2.45, 2.75) is 230 Å². The van der Waals surface area contributed by atoms with E-state index in [2.05, 4.69) is 127 Å². The minimum absolute atomic E-state index is 0.00964. The number of esters is 1. The van der Waals surface area contributed by atoms with Crippen LogP contribution in [0, 0.1) is 0 Å². The largest absolute Gasteiger partial charge is 0.457 e. The summed E-state index contributed by atoms with van der Waals surface area (Å²) in [5.74, 6) is -0.417. The maximum absolute atomic E-state index is 12.9. The number of ether oxygens (including phenoxy) is 4. The SMILES string of the molecule is CC/C=C\C/C=C\C/C=C\C/C=C\C/C=C\C/C=C\C/C=C\CCCCCCOCC(COC1OC(CO)C(O)C(OS(=O)(=O)O)C1O)OC(=O)CCCCCCCCCCC/C=C\C/C=C\CCCCC. The molecule has 72 heavy (non-hydrogen) atoms. The predicted molar refractivity (Wildman–Crippen MR) is 294 cm³/mol. The summed E-state index contributed by atoms with van der Waals surface area (Å²) < 4.78 is 59.3. The smallest absolute Gasteiger partial charge is 0.397 e. The summed E-state index contributed by atoms with van der Waals surface area (Å²) in [6, 6.07) is 0. The van der Waals surface area contributed by atoms with Crippen LogP contribution in [0.1, 0.15) is 194 Å². The zero-order chi connectivity index (χ0) is 52.4. The highest BCUT2D eigenvalue weighted by atomic mass is 32.3. The van der Waals surface area contributed by atoms with E-state index < -0.39 is 59.8 Å². The maximum atomic E-state index is 12.9. The third kappa shape index (κ3) is 41.1. The van der Waals surface area contributed by atoms with E-state index in [-0.39, 0.29) is 19.6 Å². The van der Waals surface area contributed by atoms with E-state index in [1.807, 2.05) is 0 Å². The molecule has 13 heteroatoms. The Balaban J connectivity index is 2.37. The Bertz CT molecular complexity index is 1660. The fourth-order valence-corrected chi connectivity index (χ4v) is 8.25. The van der Waals surface area contributed by atoms with Gasteiger partial charge in [0.05, 0.1) is 19.8 Å². The topological polar surface area (TPSA) is 178 Å². The lowest BCUT2D eigenvalue weighted by molar-refractivity contribution is -0.301. The van der Waals surface area contributed by atoms with Crippen molar-refractivity contribution >= 4 is 16.4 Å². The molecule has 1 aliphatic rings. The molecule has 4 N–H and O–H groups in total. The van der Waals surface area contributed by atoms with Gasteiger partial charge in [0.1, 0.15) is 30.5 Å². The molecule has 1 heterocycles. The molecular weight excluding hydrogens is 933 g/mol. The summed E-state index contributed by atoms with van der Waals surface area (Å²) in [6.45, 7) is 3.78. The number of carbonyl (C=O) groups is 1. The van der Waals surface area contributed by atoms with Crippen molar-refractivity contribution in [3.8, 4) is 0 Å². The van der Waals surface area contributed by atoms with Crippen molar-refractivity contribution in [1.82, 2.24) is 0 Å². The number of aliphatic hydroxyl groups excluding tert-OH is 3. The molecule has 0 radical (unpaired) electrons. The van der Waals surface area contributed by atoms with E-state index in [0.717, 1.165) is 109 Å². The van der Waals surface area contributed by atoms with Gasteiger partial charge in [0, 0.05) is 13.0 Å². The van der Waals surface area contributed by atoms with Crippen LogP contribution in [0.3, 0.4) is 0 Å². The first-order chi connectivity index (χ1) is 35.1. The molecule has 0 aliphatic carbocycles. The number of hydrogen-bond donors (Lipinski definition) is 4. The van der Waals surface area contributed by atoms with Crippen molar-refractivity contribution in [3.63, 3.8) is 0 Å². The van der Waals surface area contributed by atoms with Gasteiger partial charge in [-0.2, -0.15) is 8.42 Å². The summed E-state index contributed by atoms with van der Waals surface area (Å²) in [5.41, 5.74) is 0. The molecule has 6 unspecified atom stereocenters. The van der Waals surface area contributed by atoms with Gasteiger partial charge >= 0.3 is 16.4 Å². The molecule has 1 saturated heterocycles. The Morgan fingerprint density at radius 2 is 0.958 bits per heavy atom. The zero-order valence-electron chi connectivity index (χ0n) is 44.4. The van der Waals surface area contributed by atoms with Gasteiger partial charge < -0.3 is 34.3 Å². The van der Waals surface area contributed by atoms with Gasteiger partial charge in [0.15, 0.2) is 6.29 Å². The molecule has 0 aromatic heterocycles. The minimum Gasteiger partial charge on any atom is -0.457 e. The van der Waals surface area contributed by atoms with Crippen LogP contribution in [0.5, 0.6) is 0 Å². The lowest BCUT2D eigenvalue weighted by Crippen LogP contribution is -2.60. The number of carbonyl (C=O) groups excluding carboxylic acids is 1. The standard InChI is InChI=1S/C59H98O12S/c1-3-5-7-9-11-13-15-17-19-21-23-24-25-26-27-28-29-31-33-35-37-39-41-43-45-47-49-67-51-53(52-68-59-57(63)58(71-72(64,65)66)56(62)54(50-60)70-59)69-55(61)48-46-44-42-40-38-36-34-32-30-22-20-18-16-14-12-10-8-6-4-2/h5,7,11-14,17-20,23-24,26-27,29,31,35,37,53-54,56-60,62-63H,3-4,6,8-10,15-16,21-22,25,28,30,32-34,36,38-52H2,1-2H3,(H,64,65,66)/b7-5-,13-11-,14-12-,19-17-,20-18-,24-23-,27-26-,31-29-,37-35-. The third-order valence-corrected chi connectivity index (χ3v) is 12.3. The molecule has 0 aromatic rings. The normalized spacial score (nSPS) is 19.8. The van der Waals surface area contributed by atoms with Crippen LogP contribution in [-0.4, -0.2) is 97.5 Å². The number of hydrogen-bond acceptors (Lipinski definition) is 11. The number of unbranched alkanes of at least 4 members (excludes halogenated alkanes) is 16. The summed E-state index contributed by atoms with van der Waals surface area (Å²) >= 11 is 0. The summed E-state index contributed by atoms with van der Waals surface area (Å²) in [5, 5.41) is 30.8. The van der Waals surface area contributed by atoms with Gasteiger partial charge in [-0.3, -0.25) is 9.35 Å². The summed E-state index contributed by atoms with van der Waals surface area (Å²) in [4.78, 5) is 12.9.